The molecule has 0 bridgehead atoms. The average Bonchev–Trinajstić information content (AvgIpc) is 3.09. The SMILES string of the molecule is COc1ccc(C(=O)C[C@@]2(O)C(=O)N(Cc3ccc4ccccc4c3)c3ccccc32)cc1OC. The Balaban J connectivity index is 1.46. The Hall–Kier alpha value is -4.16. The Kier molecular flexibility index (Phi) is 5.75. The van der Waals surface area contributed by atoms with Crippen molar-refractivity contribution in [2.45, 2.75) is 18.6 Å². The molecule has 176 valence electrons. The van der Waals surface area contributed by atoms with Crippen molar-refractivity contribution in [3.63, 3.8) is 0 Å². The third-order valence-corrected chi connectivity index (χ3v) is 6.52. The smallest absolute Gasteiger partial charge is 0.264 e. The summed E-state index contributed by atoms with van der Waals surface area (Å²) in [6, 6.07) is 25.9. The summed E-state index contributed by atoms with van der Waals surface area (Å²) in [5, 5.41) is 13.8. The van der Waals surface area contributed by atoms with E-state index in [4.69, 9.17) is 9.47 Å². The fourth-order valence-electron chi connectivity index (χ4n) is 4.70. The summed E-state index contributed by atoms with van der Waals surface area (Å²) in [6.45, 7) is 0.285. The maximum atomic E-state index is 13.6. The maximum absolute atomic E-state index is 13.6. The van der Waals surface area contributed by atoms with E-state index in [0.717, 1.165) is 16.3 Å². The van der Waals surface area contributed by atoms with Crippen LogP contribution in [0.3, 0.4) is 0 Å². The zero-order valence-electron chi connectivity index (χ0n) is 19.5. The van der Waals surface area contributed by atoms with Gasteiger partial charge in [-0.15, -0.1) is 0 Å². The number of para-hydroxylation sites is 1. The minimum atomic E-state index is -1.96. The molecule has 0 unspecified atom stereocenters. The molecule has 4 aromatic carbocycles. The van der Waals surface area contributed by atoms with Gasteiger partial charge in [-0.25, -0.2) is 0 Å². The lowest BCUT2D eigenvalue weighted by Gasteiger charge is -2.23. The number of aliphatic hydroxyl groups is 1. The minimum absolute atomic E-state index is 0.285. The number of benzene rings is 4. The van der Waals surface area contributed by atoms with Crippen LogP contribution in [0.15, 0.2) is 84.9 Å². The van der Waals surface area contributed by atoms with Gasteiger partial charge >= 0.3 is 0 Å². The van der Waals surface area contributed by atoms with Gasteiger partial charge in [0.1, 0.15) is 0 Å². The maximum Gasteiger partial charge on any atom is 0.264 e. The lowest BCUT2D eigenvalue weighted by molar-refractivity contribution is -0.136. The number of carbonyl (C=O) groups is 2. The molecule has 0 saturated carbocycles. The van der Waals surface area contributed by atoms with Crippen molar-refractivity contribution in [1.29, 1.82) is 0 Å². The summed E-state index contributed by atoms with van der Waals surface area (Å²) in [6.07, 6.45) is -0.382. The van der Waals surface area contributed by atoms with Crippen LogP contribution >= 0.6 is 0 Å². The second-order valence-electron chi connectivity index (χ2n) is 8.62. The van der Waals surface area contributed by atoms with Crippen LogP contribution in [-0.2, 0) is 16.9 Å². The highest BCUT2D eigenvalue weighted by Crippen LogP contribution is 2.44. The van der Waals surface area contributed by atoms with E-state index in [1.807, 2.05) is 48.5 Å². The first kappa shape index (κ1) is 22.6. The molecule has 0 radical (unpaired) electrons. The van der Waals surface area contributed by atoms with Crippen molar-refractivity contribution in [3.05, 3.63) is 102 Å². The van der Waals surface area contributed by atoms with E-state index in [1.54, 1.807) is 41.3 Å². The molecule has 0 spiro atoms. The Morgan fingerprint density at radius 1 is 0.857 bits per heavy atom. The van der Waals surface area contributed by atoms with E-state index in [9.17, 15) is 14.7 Å². The number of carbonyl (C=O) groups excluding carboxylic acids is 2. The molecule has 0 saturated heterocycles. The molecule has 6 heteroatoms. The van der Waals surface area contributed by atoms with Gasteiger partial charge in [0.2, 0.25) is 0 Å². The van der Waals surface area contributed by atoms with Crippen LogP contribution in [-0.4, -0.2) is 31.0 Å². The first-order valence-corrected chi connectivity index (χ1v) is 11.3. The quantitative estimate of drug-likeness (QED) is 0.393. The van der Waals surface area contributed by atoms with Gasteiger partial charge in [0.05, 0.1) is 32.9 Å². The molecule has 6 nitrogen and oxygen atoms in total. The molecule has 1 aliphatic heterocycles. The molecule has 0 fully saturated rings. The zero-order valence-corrected chi connectivity index (χ0v) is 19.5. The summed E-state index contributed by atoms with van der Waals surface area (Å²) in [5.74, 6) is 0.0119. The van der Waals surface area contributed by atoms with Crippen LogP contribution in [0, 0.1) is 0 Å². The third kappa shape index (κ3) is 3.92. The predicted molar refractivity (Wildman–Crippen MR) is 134 cm³/mol. The van der Waals surface area contributed by atoms with Gasteiger partial charge in [-0.3, -0.25) is 9.59 Å². The number of ketones is 1. The topological polar surface area (TPSA) is 76.1 Å². The highest BCUT2D eigenvalue weighted by Gasteiger charge is 2.50. The number of nitrogens with zero attached hydrogens (tertiary/aromatic N) is 1. The summed E-state index contributed by atoms with van der Waals surface area (Å²) < 4.78 is 10.5. The molecule has 35 heavy (non-hydrogen) atoms. The average molecular weight is 468 g/mol. The standard InChI is InChI=1S/C29H25NO5/c1-34-26-14-13-22(16-27(26)35-2)25(31)17-29(33)23-9-5-6-10-24(23)30(28(29)32)18-19-11-12-20-7-3-4-8-21(20)15-19/h3-16,33H,17-18H2,1-2H3/t29-/m0/s1. The summed E-state index contributed by atoms with van der Waals surface area (Å²) in [7, 11) is 3.00. The number of hydrogen-bond donors (Lipinski definition) is 1. The molecular weight excluding hydrogens is 442 g/mol. The molecular formula is C29H25NO5. The molecule has 0 aromatic heterocycles. The summed E-state index contributed by atoms with van der Waals surface area (Å²) >= 11 is 0. The molecule has 5 rings (SSSR count). The molecule has 4 aromatic rings. The Bertz CT molecular complexity index is 1450. The van der Waals surface area contributed by atoms with Crippen molar-refractivity contribution in [2.24, 2.45) is 0 Å². The lowest BCUT2D eigenvalue weighted by Crippen LogP contribution is -2.41. The first-order valence-electron chi connectivity index (χ1n) is 11.3. The van der Waals surface area contributed by atoms with E-state index in [0.29, 0.717) is 28.3 Å². The minimum Gasteiger partial charge on any atom is -0.493 e. The van der Waals surface area contributed by atoms with E-state index >= 15 is 0 Å². The van der Waals surface area contributed by atoms with Crippen LogP contribution in [0.5, 0.6) is 11.5 Å². The van der Waals surface area contributed by atoms with E-state index in [1.165, 1.54) is 14.2 Å². The predicted octanol–water partition coefficient (Wildman–Crippen LogP) is 4.86. The van der Waals surface area contributed by atoms with E-state index < -0.39 is 11.5 Å². The largest absolute Gasteiger partial charge is 0.493 e. The number of methoxy groups -OCH3 is 2. The third-order valence-electron chi connectivity index (χ3n) is 6.52. The van der Waals surface area contributed by atoms with Crippen LogP contribution < -0.4 is 14.4 Å². The molecule has 1 amide bonds. The molecule has 1 N–H and O–H groups in total. The summed E-state index contributed by atoms with van der Waals surface area (Å²) in [4.78, 5) is 28.4. The highest BCUT2D eigenvalue weighted by molar-refractivity contribution is 6.10. The Morgan fingerprint density at radius 2 is 1.57 bits per heavy atom. The van der Waals surface area contributed by atoms with Gasteiger partial charge in [-0.1, -0.05) is 54.6 Å². The summed E-state index contributed by atoms with van der Waals surface area (Å²) in [5.41, 5.74) is 0.335. The lowest BCUT2D eigenvalue weighted by atomic mass is 9.88. The van der Waals surface area contributed by atoms with Crippen molar-refractivity contribution >= 4 is 28.2 Å². The van der Waals surface area contributed by atoms with Gasteiger partial charge in [0.25, 0.3) is 5.91 Å². The van der Waals surface area contributed by atoms with Gasteiger partial charge in [0, 0.05) is 11.1 Å². The number of fused-ring (bicyclic) bond motifs is 2. The number of anilines is 1. The second-order valence-corrected chi connectivity index (χ2v) is 8.62. The number of amides is 1. The molecule has 0 aliphatic carbocycles. The number of Topliss-reactive ketones (excluding diaryl/α,β-unsaturated/α-hetero) is 1. The normalized spacial score (nSPS) is 16.9. The second kappa shape index (κ2) is 8.89. The first-order chi connectivity index (χ1) is 16.9. The molecule has 1 aliphatic rings. The number of rotatable bonds is 7. The van der Waals surface area contributed by atoms with Crippen molar-refractivity contribution < 1.29 is 24.2 Å². The van der Waals surface area contributed by atoms with E-state index in [-0.39, 0.29) is 18.7 Å². The van der Waals surface area contributed by atoms with Gasteiger partial charge in [0.15, 0.2) is 22.9 Å². The zero-order chi connectivity index (χ0) is 24.6. The monoisotopic (exact) mass is 467 g/mol. The Morgan fingerprint density at radius 3 is 2.34 bits per heavy atom. The molecule has 1 heterocycles. The molecule has 1 atom stereocenters. The van der Waals surface area contributed by atoms with Crippen molar-refractivity contribution in [2.75, 3.05) is 19.1 Å². The highest BCUT2D eigenvalue weighted by atomic mass is 16.5. The van der Waals surface area contributed by atoms with Gasteiger partial charge < -0.3 is 19.5 Å². The fourth-order valence-corrected chi connectivity index (χ4v) is 4.70. The number of ether oxygens (including phenoxy) is 2. The Labute approximate surface area is 203 Å². The van der Waals surface area contributed by atoms with Gasteiger partial charge in [-0.05, 0) is 46.7 Å². The number of hydrogen-bond acceptors (Lipinski definition) is 5. The van der Waals surface area contributed by atoms with Crippen LogP contribution in [0.1, 0.15) is 27.9 Å². The van der Waals surface area contributed by atoms with E-state index in [2.05, 4.69) is 0 Å². The van der Waals surface area contributed by atoms with Crippen molar-refractivity contribution in [1.82, 2.24) is 0 Å². The van der Waals surface area contributed by atoms with Crippen molar-refractivity contribution in [3.8, 4) is 11.5 Å². The van der Waals surface area contributed by atoms with Crippen LogP contribution in [0.4, 0.5) is 5.69 Å². The fraction of sp³-hybridized carbons (Fsp3) is 0.172. The van der Waals surface area contributed by atoms with Gasteiger partial charge in [-0.2, -0.15) is 0 Å². The van der Waals surface area contributed by atoms with Crippen LogP contribution in [0.2, 0.25) is 0 Å². The van der Waals surface area contributed by atoms with Crippen LogP contribution in [0.25, 0.3) is 10.8 Å².